The summed E-state index contributed by atoms with van der Waals surface area (Å²) < 4.78 is 76.2. The van der Waals surface area contributed by atoms with Crippen molar-refractivity contribution in [1.82, 2.24) is 10.2 Å². The van der Waals surface area contributed by atoms with Gasteiger partial charge in [0.25, 0.3) is 5.91 Å². The summed E-state index contributed by atoms with van der Waals surface area (Å²) in [5.74, 6) is -2.95. The normalized spacial score (nSPS) is 21.0. The minimum absolute atomic E-state index is 0.0754. The van der Waals surface area contributed by atoms with E-state index in [4.69, 9.17) is 14.6 Å². The maximum Gasteiger partial charge on any atom is 0.490 e. The van der Waals surface area contributed by atoms with E-state index in [1.165, 1.54) is 24.3 Å². The average molecular weight is 454 g/mol. The SMILES string of the molecule is O=C(O)C(F)(F)F.O=C(c1ccc(C2(C(F)(F)F)N=N2)cc1)N1CCOCC12CNC2. The first kappa shape index (κ1) is 22.9. The molecule has 8 nitrogen and oxygen atoms in total. The lowest BCUT2D eigenvalue weighted by Gasteiger charge is -2.52. The van der Waals surface area contributed by atoms with Gasteiger partial charge in [0.2, 0.25) is 0 Å². The molecule has 2 saturated heterocycles. The molecule has 0 radical (unpaired) electrons. The molecule has 0 bridgehead atoms. The Morgan fingerprint density at radius 3 is 2.00 bits per heavy atom. The van der Waals surface area contributed by atoms with Gasteiger partial charge in [-0.3, -0.25) is 4.79 Å². The zero-order valence-corrected chi connectivity index (χ0v) is 15.6. The highest BCUT2D eigenvalue weighted by atomic mass is 19.4. The number of carboxylic acid groups (broad SMARTS) is 1. The number of carbonyl (C=O) groups is 2. The number of halogens is 6. The maximum absolute atomic E-state index is 13.0. The zero-order valence-electron chi connectivity index (χ0n) is 15.6. The van der Waals surface area contributed by atoms with Crippen LogP contribution in [0.4, 0.5) is 26.3 Å². The van der Waals surface area contributed by atoms with Crippen LogP contribution in [0, 0.1) is 0 Å². The lowest BCUT2D eigenvalue weighted by atomic mass is 9.89. The van der Waals surface area contributed by atoms with Gasteiger partial charge in [0, 0.05) is 30.8 Å². The van der Waals surface area contributed by atoms with Gasteiger partial charge in [0.15, 0.2) is 0 Å². The van der Waals surface area contributed by atoms with Crippen LogP contribution in [-0.2, 0) is 15.2 Å². The number of nitrogens with one attached hydrogen (secondary N) is 1. The van der Waals surface area contributed by atoms with Crippen molar-refractivity contribution < 1.29 is 45.8 Å². The number of alkyl halides is 6. The fourth-order valence-corrected chi connectivity index (χ4v) is 3.20. The number of rotatable bonds is 2. The molecule has 3 heterocycles. The maximum atomic E-state index is 13.0. The van der Waals surface area contributed by atoms with Gasteiger partial charge >= 0.3 is 24.0 Å². The molecule has 3 aliphatic rings. The summed E-state index contributed by atoms with van der Waals surface area (Å²) in [4.78, 5) is 23.4. The Hall–Kier alpha value is -2.74. The monoisotopic (exact) mass is 454 g/mol. The van der Waals surface area contributed by atoms with Crippen LogP contribution >= 0.6 is 0 Å². The second-order valence-corrected chi connectivity index (χ2v) is 7.09. The number of carboxylic acids is 1. The van der Waals surface area contributed by atoms with E-state index in [-0.39, 0.29) is 17.0 Å². The van der Waals surface area contributed by atoms with Crippen LogP contribution in [0.5, 0.6) is 0 Å². The number of nitrogens with zero attached hydrogens (tertiary/aromatic N) is 3. The summed E-state index contributed by atoms with van der Waals surface area (Å²) >= 11 is 0. The van der Waals surface area contributed by atoms with Crippen LogP contribution in [0.3, 0.4) is 0 Å². The molecule has 1 aromatic carbocycles. The molecule has 170 valence electrons. The number of hydrogen-bond donors (Lipinski definition) is 2. The smallest absolute Gasteiger partial charge is 0.475 e. The van der Waals surface area contributed by atoms with Crippen molar-refractivity contribution in [3.8, 4) is 0 Å². The Bertz CT molecular complexity index is 874. The number of aliphatic carboxylic acids is 1. The van der Waals surface area contributed by atoms with E-state index in [0.717, 1.165) is 0 Å². The molecule has 4 rings (SSSR count). The quantitative estimate of drug-likeness (QED) is 0.668. The molecular formula is C17H16F6N4O4. The van der Waals surface area contributed by atoms with Gasteiger partial charge in [0.05, 0.1) is 18.8 Å². The van der Waals surface area contributed by atoms with Crippen molar-refractivity contribution in [3.63, 3.8) is 0 Å². The molecular weight excluding hydrogens is 438 g/mol. The third kappa shape index (κ3) is 4.35. The van der Waals surface area contributed by atoms with E-state index in [2.05, 4.69) is 15.5 Å². The summed E-state index contributed by atoms with van der Waals surface area (Å²) in [7, 11) is 0. The highest BCUT2D eigenvalue weighted by molar-refractivity contribution is 5.95. The van der Waals surface area contributed by atoms with Crippen molar-refractivity contribution in [2.24, 2.45) is 10.2 Å². The van der Waals surface area contributed by atoms with Crippen molar-refractivity contribution in [2.75, 3.05) is 32.8 Å². The number of hydrogen-bond acceptors (Lipinski definition) is 6. The third-order valence-corrected chi connectivity index (χ3v) is 5.03. The summed E-state index contributed by atoms with van der Waals surface area (Å²) in [5, 5.41) is 16.6. The summed E-state index contributed by atoms with van der Waals surface area (Å²) in [6, 6.07) is 5.35. The molecule has 0 unspecified atom stereocenters. The van der Waals surface area contributed by atoms with Crippen molar-refractivity contribution in [1.29, 1.82) is 0 Å². The van der Waals surface area contributed by atoms with Crippen LogP contribution in [0.2, 0.25) is 0 Å². The molecule has 0 atom stereocenters. The molecule has 0 aromatic heterocycles. The van der Waals surface area contributed by atoms with E-state index < -0.39 is 24.0 Å². The predicted molar refractivity (Wildman–Crippen MR) is 90.2 cm³/mol. The van der Waals surface area contributed by atoms with Gasteiger partial charge in [-0.15, -0.1) is 10.2 Å². The second-order valence-electron chi connectivity index (χ2n) is 7.09. The molecule has 14 heteroatoms. The molecule has 0 saturated carbocycles. The molecule has 1 spiro atoms. The van der Waals surface area contributed by atoms with E-state index in [9.17, 15) is 31.1 Å². The molecule has 1 amide bonds. The average Bonchev–Trinajstić information content (AvgIpc) is 3.48. The summed E-state index contributed by atoms with van der Waals surface area (Å²) in [5.41, 5.74) is -2.52. The fourth-order valence-electron chi connectivity index (χ4n) is 3.20. The summed E-state index contributed by atoms with van der Waals surface area (Å²) in [6.07, 6.45) is -9.65. The Balaban J connectivity index is 0.000000339. The molecule has 31 heavy (non-hydrogen) atoms. The van der Waals surface area contributed by atoms with Crippen molar-refractivity contribution in [2.45, 2.75) is 23.6 Å². The largest absolute Gasteiger partial charge is 0.490 e. The van der Waals surface area contributed by atoms with Crippen LogP contribution < -0.4 is 5.32 Å². The van der Waals surface area contributed by atoms with Crippen LogP contribution in [0.15, 0.2) is 34.5 Å². The highest BCUT2D eigenvalue weighted by Gasteiger charge is 2.65. The van der Waals surface area contributed by atoms with E-state index in [1.807, 2.05) is 0 Å². The Kier molecular flexibility index (Phi) is 5.73. The van der Waals surface area contributed by atoms with Crippen LogP contribution in [0.1, 0.15) is 15.9 Å². The van der Waals surface area contributed by atoms with Crippen molar-refractivity contribution in [3.05, 3.63) is 35.4 Å². The lowest BCUT2D eigenvalue weighted by Crippen LogP contribution is -2.74. The Morgan fingerprint density at radius 1 is 1.06 bits per heavy atom. The Morgan fingerprint density at radius 2 is 1.61 bits per heavy atom. The van der Waals surface area contributed by atoms with E-state index in [0.29, 0.717) is 38.4 Å². The highest BCUT2D eigenvalue weighted by Crippen LogP contribution is 2.52. The molecule has 3 aliphatic heterocycles. The molecule has 2 fully saturated rings. The number of amides is 1. The lowest BCUT2D eigenvalue weighted by molar-refractivity contribution is -0.192. The first-order valence-corrected chi connectivity index (χ1v) is 8.84. The first-order valence-electron chi connectivity index (χ1n) is 8.84. The first-order chi connectivity index (χ1) is 14.3. The van der Waals surface area contributed by atoms with Gasteiger partial charge in [-0.25, -0.2) is 4.79 Å². The standard InChI is InChI=1S/C15H15F3N4O2.C2HF3O2/c16-15(17,18)14(20-21-14)11-3-1-10(2-4-11)12(23)22-5-6-24-9-13(22)7-19-8-13;3-2(4,5)1(6)7/h1-4,19H,5-9H2;(H,6,7). The third-order valence-electron chi connectivity index (χ3n) is 5.03. The zero-order chi connectivity index (χ0) is 23.1. The second kappa shape index (κ2) is 7.75. The number of ether oxygens (including phenoxy) is 1. The minimum atomic E-state index is -5.08. The van der Waals surface area contributed by atoms with E-state index >= 15 is 0 Å². The molecule has 0 aliphatic carbocycles. The van der Waals surface area contributed by atoms with Gasteiger partial charge in [0.1, 0.15) is 0 Å². The van der Waals surface area contributed by atoms with Gasteiger partial charge in [-0.2, -0.15) is 26.3 Å². The van der Waals surface area contributed by atoms with Gasteiger partial charge in [-0.1, -0.05) is 12.1 Å². The van der Waals surface area contributed by atoms with Gasteiger partial charge < -0.3 is 20.1 Å². The summed E-state index contributed by atoms with van der Waals surface area (Å²) in [6.45, 7) is 2.72. The molecule has 1 aromatic rings. The number of carbonyl (C=O) groups excluding carboxylic acids is 1. The molecule has 2 N–H and O–H groups in total. The van der Waals surface area contributed by atoms with Crippen LogP contribution in [0.25, 0.3) is 0 Å². The predicted octanol–water partition coefficient (Wildman–Crippen LogP) is 2.32. The fraction of sp³-hybridized carbons (Fsp3) is 0.529. The number of morpholine rings is 1. The van der Waals surface area contributed by atoms with Crippen molar-refractivity contribution >= 4 is 11.9 Å². The minimum Gasteiger partial charge on any atom is -0.475 e. The van der Waals surface area contributed by atoms with Crippen LogP contribution in [-0.4, -0.2) is 72.6 Å². The Labute approximate surface area is 170 Å². The van der Waals surface area contributed by atoms with E-state index in [1.54, 1.807) is 4.90 Å². The topological polar surface area (TPSA) is 104 Å². The van der Waals surface area contributed by atoms with Gasteiger partial charge in [-0.05, 0) is 12.1 Å². The number of benzene rings is 1.